The molecule has 2 aliphatic heterocycles. The Labute approximate surface area is 193 Å². The minimum Gasteiger partial charge on any atom is -0.322 e. The molecule has 0 fully saturated rings. The molecule has 0 unspecified atom stereocenters. The maximum Gasteiger partial charge on any atom is 0.167 e. The van der Waals surface area contributed by atoms with Crippen molar-refractivity contribution >= 4 is 34.4 Å². The van der Waals surface area contributed by atoms with E-state index in [1.807, 2.05) is 48.8 Å². The van der Waals surface area contributed by atoms with E-state index in [9.17, 15) is 0 Å². The van der Waals surface area contributed by atoms with E-state index in [0.29, 0.717) is 0 Å². The van der Waals surface area contributed by atoms with Crippen LogP contribution in [0, 0.1) is 0 Å². The van der Waals surface area contributed by atoms with Gasteiger partial charge in [0, 0.05) is 26.5 Å². The fourth-order valence-electron chi connectivity index (χ4n) is 4.45. The smallest absolute Gasteiger partial charge is 0.167 e. The summed E-state index contributed by atoms with van der Waals surface area (Å²) in [6.07, 6.45) is 3.64. The van der Waals surface area contributed by atoms with Gasteiger partial charge in [0.25, 0.3) is 0 Å². The van der Waals surface area contributed by atoms with E-state index in [2.05, 4.69) is 97.9 Å². The monoisotopic (exact) mass is 430 g/mol. The highest BCUT2D eigenvalue weighted by atomic mass is 15.4. The van der Waals surface area contributed by atoms with Gasteiger partial charge in [0.2, 0.25) is 0 Å². The lowest BCUT2D eigenvalue weighted by Crippen LogP contribution is -2.25. The highest BCUT2D eigenvalue weighted by molar-refractivity contribution is 5.90. The molecular weight excluding hydrogens is 408 g/mol. The van der Waals surface area contributed by atoms with Crippen molar-refractivity contribution in [3.63, 3.8) is 0 Å². The molecule has 33 heavy (non-hydrogen) atoms. The fraction of sp³-hybridized carbons (Fsp3) is 0.0741. The van der Waals surface area contributed by atoms with Gasteiger partial charge in [0.1, 0.15) is 11.6 Å². The van der Waals surface area contributed by atoms with Gasteiger partial charge in [0.15, 0.2) is 11.6 Å². The number of rotatable bonds is 2. The summed E-state index contributed by atoms with van der Waals surface area (Å²) in [7, 11) is 4.13. The molecule has 2 aliphatic rings. The molecule has 0 saturated heterocycles. The number of aromatic nitrogens is 2. The number of benzene rings is 2. The van der Waals surface area contributed by atoms with Crippen LogP contribution in [-0.2, 0) is 0 Å². The van der Waals surface area contributed by atoms with Crippen molar-refractivity contribution in [1.82, 2.24) is 9.97 Å². The van der Waals surface area contributed by atoms with Crippen LogP contribution in [0.1, 0.15) is 0 Å². The Morgan fingerprint density at radius 3 is 1.30 bits per heavy atom. The van der Waals surface area contributed by atoms with E-state index >= 15 is 0 Å². The van der Waals surface area contributed by atoms with E-state index in [4.69, 9.17) is 0 Å². The van der Waals surface area contributed by atoms with Gasteiger partial charge in [-0.15, -0.1) is 0 Å². The van der Waals surface area contributed by atoms with Gasteiger partial charge >= 0.3 is 0 Å². The Hall–Kier alpha value is -4.54. The summed E-state index contributed by atoms with van der Waals surface area (Å²) in [6.45, 7) is 0. The second kappa shape index (κ2) is 7.55. The molecule has 0 amide bonds. The van der Waals surface area contributed by atoms with E-state index in [0.717, 1.165) is 46.0 Å². The second-order valence-electron chi connectivity index (χ2n) is 7.91. The fourth-order valence-corrected chi connectivity index (χ4v) is 4.45. The van der Waals surface area contributed by atoms with E-state index in [1.54, 1.807) is 0 Å². The minimum absolute atomic E-state index is 0.847. The number of hydrogen-bond acceptors (Lipinski definition) is 6. The first kappa shape index (κ1) is 19.2. The van der Waals surface area contributed by atoms with Gasteiger partial charge in [-0.3, -0.25) is 9.80 Å². The molecule has 2 aromatic heterocycles. The first-order valence-electron chi connectivity index (χ1n) is 10.8. The molecule has 6 heteroatoms. The number of hydrogen-bond donors (Lipinski definition) is 0. The van der Waals surface area contributed by atoms with Gasteiger partial charge < -0.3 is 9.80 Å². The lowest BCUT2D eigenvalue weighted by atomic mass is 10.2. The van der Waals surface area contributed by atoms with Crippen molar-refractivity contribution in [2.75, 3.05) is 33.7 Å². The summed E-state index contributed by atoms with van der Waals surface area (Å²) < 4.78 is 0. The molecule has 6 nitrogen and oxygen atoms in total. The Bertz CT molecular complexity index is 1290. The zero-order chi connectivity index (χ0) is 22.4. The summed E-state index contributed by atoms with van der Waals surface area (Å²) >= 11 is 0. The SMILES string of the molecule is CN1C(=C=C2N(C)c3ccccc3N2c2ccccn2)N(c2ccccn2)c2ccccc21. The summed E-state index contributed by atoms with van der Waals surface area (Å²) in [5.41, 5.74) is 8.08. The minimum atomic E-state index is 0.847. The van der Waals surface area contributed by atoms with Gasteiger partial charge in [-0.1, -0.05) is 36.4 Å². The maximum atomic E-state index is 4.64. The van der Waals surface area contributed by atoms with Gasteiger partial charge in [-0.2, -0.15) is 0 Å². The first-order chi connectivity index (χ1) is 16.2. The zero-order valence-corrected chi connectivity index (χ0v) is 18.4. The van der Waals surface area contributed by atoms with E-state index < -0.39 is 0 Å². The molecular formula is C27H22N6. The number of fused-ring (bicyclic) bond motifs is 2. The Kier molecular flexibility index (Phi) is 4.39. The lowest BCUT2D eigenvalue weighted by Gasteiger charge is -2.23. The first-order valence-corrected chi connectivity index (χ1v) is 10.8. The predicted octanol–water partition coefficient (Wildman–Crippen LogP) is 5.63. The van der Waals surface area contributed by atoms with Crippen LogP contribution in [0.15, 0.2) is 115 Å². The van der Waals surface area contributed by atoms with Crippen molar-refractivity contribution in [3.8, 4) is 0 Å². The Morgan fingerprint density at radius 2 is 0.909 bits per heavy atom. The molecule has 0 spiro atoms. The van der Waals surface area contributed by atoms with Gasteiger partial charge in [-0.25, -0.2) is 9.97 Å². The van der Waals surface area contributed by atoms with Gasteiger partial charge in [-0.05, 0) is 54.3 Å². The molecule has 2 aromatic carbocycles. The van der Waals surface area contributed by atoms with E-state index in [-0.39, 0.29) is 0 Å². The average molecular weight is 431 g/mol. The van der Waals surface area contributed by atoms with Crippen LogP contribution in [0.2, 0.25) is 0 Å². The number of nitrogens with zero attached hydrogens (tertiary/aromatic N) is 6. The molecule has 0 N–H and O–H groups in total. The third-order valence-corrected chi connectivity index (χ3v) is 6.01. The number of pyridine rings is 2. The average Bonchev–Trinajstić information content (AvgIpc) is 3.32. The van der Waals surface area contributed by atoms with Crippen molar-refractivity contribution < 1.29 is 0 Å². The van der Waals surface area contributed by atoms with Crippen LogP contribution in [0.25, 0.3) is 0 Å². The summed E-state index contributed by atoms with van der Waals surface area (Å²) in [5, 5.41) is 0. The van der Waals surface area contributed by atoms with Crippen LogP contribution >= 0.6 is 0 Å². The van der Waals surface area contributed by atoms with Crippen LogP contribution in [-0.4, -0.2) is 24.1 Å². The Morgan fingerprint density at radius 1 is 0.515 bits per heavy atom. The summed E-state index contributed by atoms with van der Waals surface area (Å²) in [5.74, 6) is 3.48. The van der Waals surface area contributed by atoms with Crippen LogP contribution in [0.4, 0.5) is 34.4 Å². The van der Waals surface area contributed by atoms with Crippen LogP contribution in [0.3, 0.4) is 0 Å². The van der Waals surface area contributed by atoms with Crippen molar-refractivity contribution in [1.29, 1.82) is 0 Å². The van der Waals surface area contributed by atoms with Crippen molar-refractivity contribution in [2.45, 2.75) is 0 Å². The normalized spacial score (nSPS) is 14.5. The quantitative estimate of drug-likeness (QED) is 0.384. The van der Waals surface area contributed by atoms with Gasteiger partial charge in [0.05, 0.1) is 22.7 Å². The molecule has 0 saturated carbocycles. The highest BCUT2D eigenvalue weighted by Gasteiger charge is 2.34. The molecule has 4 heterocycles. The standard InChI is InChI=1S/C27H22N6/c1-30-20-11-3-5-13-22(20)32(24-15-7-9-17-28-24)26(30)19-27-31(2)21-12-4-6-14-23(21)33(27)25-16-8-10-18-29-25/h3-18H,1-2H3. The largest absolute Gasteiger partial charge is 0.322 e. The van der Waals surface area contributed by atoms with Crippen molar-refractivity contribution in [3.05, 3.63) is 115 Å². The molecule has 160 valence electrons. The van der Waals surface area contributed by atoms with Crippen LogP contribution < -0.4 is 19.6 Å². The lowest BCUT2D eigenvalue weighted by molar-refractivity contribution is 1.02. The maximum absolute atomic E-state index is 4.64. The molecule has 0 bridgehead atoms. The molecule has 0 atom stereocenters. The topological polar surface area (TPSA) is 38.7 Å². The number of para-hydroxylation sites is 4. The summed E-state index contributed by atoms with van der Waals surface area (Å²) in [6, 6.07) is 28.6. The van der Waals surface area contributed by atoms with E-state index in [1.165, 1.54) is 0 Å². The number of anilines is 6. The molecule has 0 aliphatic carbocycles. The predicted molar refractivity (Wildman–Crippen MR) is 133 cm³/mol. The highest BCUT2D eigenvalue weighted by Crippen LogP contribution is 2.47. The van der Waals surface area contributed by atoms with Crippen molar-refractivity contribution in [2.24, 2.45) is 0 Å². The Balaban J connectivity index is 1.62. The molecule has 0 radical (unpaired) electrons. The van der Waals surface area contributed by atoms with Crippen LogP contribution in [0.5, 0.6) is 0 Å². The second-order valence-corrected chi connectivity index (χ2v) is 7.91. The summed E-state index contributed by atoms with van der Waals surface area (Å²) in [4.78, 5) is 17.9. The third kappa shape index (κ3) is 2.97. The third-order valence-electron chi connectivity index (χ3n) is 6.01. The zero-order valence-electron chi connectivity index (χ0n) is 18.4. The molecule has 4 aromatic rings. The molecule has 6 rings (SSSR count).